The predicted molar refractivity (Wildman–Crippen MR) is 131 cm³/mol. The molecule has 0 atom stereocenters. The van der Waals surface area contributed by atoms with Crippen LogP contribution in [0, 0.1) is 0 Å². The van der Waals surface area contributed by atoms with Crippen molar-refractivity contribution in [1.82, 2.24) is 19.6 Å². The highest BCUT2D eigenvalue weighted by atomic mass is 16.3. The van der Waals surface area contributed by atoms with Gasteiger partial charge in [-0.05, 0) is 39.3 Å². The van der Waals surface area contributed by atoms with Crippen molar-refractivity contribution in [2.24, 2.45) is 4.99 Å². The maximum atomic E-state index is 13.5. The lowest BCUT2D eigenvalue weighted by atomic mass is 9.98. The number of hydrogen-bond donors (Lipinski definition) is 1. The predicted octanol–water partition coefficient (Wildman–Crippen LogP) is 2.65. The second-order valence-electron chi connectivity index (χ2n) is 8.36. The summed E-state index contributed by atoms with van der Waals surface area (Å²) in [5, 5.41) is 19.8. The molecular weight excluding hydrogens is 402 g/mol. The van der Waals surface area contributed by atoms with E-state index in [0.717, 1.165) is 37.1 Å². The Hall–Kier alpha value is -3.03. The van der Waals surface area contributed by atoms with Gasteiger partial charge in [-0.2, -0.15) is 5.10 Å². The number of likely N-dealkylation sites (N-methyl/N-ethyl adjacent to an activating group) is 2. The highest BCUT2D eigenvalue weighted by molar-refractivity contribution is 6.20. The monoisotopic (exact) mass is 433 g/mol. The SMILES string of the molecule is CCN(CC)CCN=c1ccc2c(O)n(CCN(C)C)nc3c4ccccc4c(=O)c1c23. The Balaban J connectivity index is 2.01. The van der Waals surface area contributed by atoms with Crippen LogP contribution in [0.4, 0.5) is 0 Å². The van der Waals surface area contributed by atoms with Gasteiger partial charge in [0.1, 0.15) is 5.52 Å². The summed E-state index contributed by atoms with van der Waals surface area (Å²) in [6.07, 6.45) is 0. The van der Waals surface area contributed by atoms with Gasteiger partial charge >= 0.3 is 0 Å². The van der Waals surface area contributed by atoms with Gasteiger partial charge in [-0.3, -0.25) is 9.79 Å². The van der Waals surface area contributed by atoms with E-state index in [1.807, 2.05) is 55.4 Å². The van der Waals surface area contributed by atoms with Crippen molar-refractivity contribution in [2.45, 2.75) is 20.4 Å². The summed E-state index contributed by atoms with van der Waals surface area (Å²) in [6.45, 7) is 8.94. The second kappa shape index (κ2) is 9.22. The lowest BCUT2D eigenvalue weighted by molar-refractivity contribution is 0.312. The molecule has 7 nitrogen and oxygen atoms in total. The van der Waals surface area contributed by atoms with E-state index >= 15 is 0 Å². The molecule has 4 aromatic rings. The molecule has 32 heavy (non-hydrogen) atoms. The molecule has 0 fully saturated rings. The van der Waals surface area contributed by atoms with Crippen molar-refractivity contribution >= 4 is 32.4 Å². The smallest absolute Gasteiger partial charge is 0.215 e. The molecule has 1 aromatic heterocycles. The van der Waals surface area contributed by atoms with Crippen molar-refractivity contribution in [3.63, 3.8) is 0 Å². The summed E-state index contributed by atoms with van der Waals surface area (Å²) < 4.78 is 1.63. The third kappa shape index (κ3) is 3.94. The van der Waals surface area contributed by atoms with E-state index in [-0.39, 0.29) is 11.3 Å². The van der Waals surface area contributed by atoms with Crippen molar-refractivity contribution in [2.75, 3.05) is 46.8 Å². The summed E-state index contributed by atoms with van der Waals surface area (Å²) >= 11 is 0. The van der Waals surface area contributed by atoms with Gasteiger partial charge in [0.05, 0.1) is 23.8 Å². The van der Waals surface area contributed by atoms with E-state index in [1.165, 1.54) is 0 Å². The van der Waals surface area contributed by atoms with E-state index in [2.05, 4.69) is 18.7 Å². The lowest BCUT2D eigenvalue weighted by Gasteiger charge is -2.17. The zero-order valence-electron chi connectivity index (χ0n) is 19.3. The number of hydrogen-bond acceptors (Lipinski definition) is 6. The number of fused-ring (bicyclic) bond motifs is 2. The summed E-state index contributed by atoms with van der Waals surface area (Å²) in [6, 6.07) is 11.3. The number of nitrogens with zero attached hydrogens (tertiary/aromatic N) is 5. The molecule has 0 spiro atoms. The molecular formula is C25H31N5O2. The van der Waals surface area contributed by atoms with Crippen LogP contribution in [0.5, 0.6) is 5.88 Å². The van der Waals surface area contributed by atoms with Gasteiger partial charge in [-0.25, -0.2) is 4.68 Å². The molecule has 0 unspecified atom stereocenters. The highest BCUT2D eigenvalue weighted by Crippen LogP contribution is 2.32. The first kappa shape index (κ1) is 22.2. The maximum Gasteiger partial charge on any atom is 0.215 e. The van der Waals surface area contributed by atoms with Crippen LogP contribution in [0.15, 0.2) is 46.2 Å². The van der Waals surface area contributed by atoms with Crippen LogP contribution in [-0.2, 0) is 6.54 Å². The molecule has 0 aliphatic heterocycles. The summed E-state index contributed by atoms with van der Waals surface area (Å²) in [5.41, 5.74) is 0.662. The topological polar surface area (TPSA) is 74.0 Å². The van der Waals surface area contributed by atoms with Crippen LogP contribution in [0.3, 0.4) is 0 Å². The minimum Gasteiger partial charge on any atom is -0.493 e. The molecule has 1 N–H and O–H groups in total. The summed E-state index contributed by atoms with van der Waals surface area (Å²) in [5.74, 6) is 0.0775. The fourth-order valence-electron chi connectivity index (χ4n) is 4.26. The number of benzene rings is 3. The molecule has 0 saturated heterocycles. The Labute approximate surface area is 187 Å². The maximum absolute atomic E-state index is 13.5. The first-order chi connectivity index (χ1) is 15.5. The average molecular weight is 434 g/mol. The zero-order chi connectivity index (χ0) is 22.8. The van der Waals surface area contributed by atoms with Crippen molar-refractivity contribution in [1.29, 1.82) is 0 Å². The second-order valence-corrected chi connectivity index (χ2v) is 8.36. The first-order valence-corrected chi connectivity index (χ1v) is 11.2. The number of aromatic hydroxyl groups is 1. The number of rotatable bonds is 8. The highest BCUT2D eigenvalue weighted by Gasteiger charge is 2.19. The van der Waals surface area contributed by atoms with Crippen LogP contribution < -0.4 is 10.8 Å². The molecule has 0 radical (unpaired) electrons. The van der Waals surface area contributed by atoms with Crippen LogP contribution >= 0.6 is 0 Å². The van der Waals surface area contributed by atoms with Crippen LogP contribution in [0.1, 0.15) is 13.8 Å². The molecule has 0 bridgehead atoms. The summed E-state index contributed by atoms with van der Waals surface area (Å²) in [4.78, 5) is 22.7. The van der Waals surface area contributed by atoms with Crippen LogP contribution in [-0.4, -0.2) is 71.5 Å². The van der Waals surface area contributed by atoms with Gasteiger partial charge in [-0.15, -0.1) is 0 Å². The van der Waals surface area contributed by atoms with Crippen molar-refractivity contribution < 1.29 is 5.11 Å². The largest absolute Gasteiger partial charge is 0.493 e. The Bertz CT molecular complexity index is 1370. The van der Waals surface area contributed by atoms with Gasteiger partial charge in [-0.1, -0.05) is 38.1 Å². The zero-order valence-corrected chi connectivity index (χ0v) is 19.3. The Kier molecular flexibility index (Phi) is 6.39. The third-order valence-electron chi connectivity index (χ3n) is 6.13. The normalized spacial score (nSPS) is 12.9. The van der Waals surface area contributed by atoms with Crippen LogP contribution in [0.2, 0.25) is 0 Å². The quantitative estimate of drug-likeness (QED) is 0.342. The van der Waals surface area contributed by atoms with E-state index < -0.39 is 0 Å². The molecule has 0 aliphatic carbocycles. The molecule has 0 saturated carbocycles. The molecule has 3 aromatic carbocycles. The van der Waals surface area contributed by atoms with Gasteiger partial charge < -0.3 is 14.9 Å². The Morgan fingerprint density at radius 1 is 0.969 bits per heavy atom. The first-order valence-electron chi connectivity index (χ1n) is 11.2. The molecule has 168 valence electrons. The molecule has 0 amide bonds. The molecule has 4 rings (SSSR count). The van der Waals surface area contributed by atoms with Gasteiger partial charge in [0.15, 0.2) is 5.43 Å². The molecule has 1 heterocycles. The average Bonchev–Trinajstić information content (AvgIpc) is 2.80. The lowest BCUT2D eigenvalue weighted by Crippen LogP contribution is -2.26. The fourth-order valence-corrected chi connectivity index (χ4v) is 4.26. The van der Waals surface area contributed by atoms with Gasteiger partial charge in [0.2, 0.25) is 5.88 Å². The van der Waals surface area contributed by atoms with Gasteiger partial charge in [0.25, 0.3) is 0 Å². The van der Waals surface area contributed by atoms with E-state index in [4.69, 9.17) is 10.1 Å². The number of aromatic nitrogens is 2. The molecule has 7 heteroatoms. The van der Waals surface area contributed by atoms with E-state index in [0.29, 0.717) is 40.0 Å². The Morgan fingerprint density at radius 2 is 1.69 bits per heavy atom. The van der Waals surface area contributed by atoms with E-state index in [9.17, 15) is 9.90 Å². The minimum atomic E-state index is -0.0625. The fraction of sp³-hybridized carbons (Fsp3) is 0.400. The molecule has 0 aliphatic rings. The minimum absolute atomic E-state index is 0.0625. The van der Waals surface area contributed by atoms with Crippen LogP contribution in [0.25, 0.3) is 32.4 Å². The van der Waals surface area contributed by atoms with Crippen molar-refractivity contribution in [3.05, 3.63) is 52.0 Å². The van der Waals surface area contributed by atoms with E-state index in [1.54, 1.807) is 4.68 Å². The van der Waals surface area contributed by atoms with Crippen molar-refractivity contribution in [3.8, 4) is 5.88 Å². The van der Waals surface area contributed by atoms with Gasteiger partial charge in [0, 0.05) is 34.6 Å². The summed E-state index contributed by atoms with van der Waals surface area (Å²) in [7, 11) is 3.97. The third-order valence-corrected chi connectivity index (χ3v) is 6.13. The Morgan fingerprint density at radius 3 is 2.38 bits per heavy atom. The standard InChI is InChI=1S/C25H31N5O2/c1-5-29(6-2)14-13-26-20-12-11-19-21-22(20)24(31)18-10-8-7-9-17(18)23(21)27-30(25(19)32)16-15-28(3)4/h7-12,32H,5-6,13-16H2,1-4H3.